The average Bonchev–Trinajstić information content (AvgIpc) is 2.20. The molecule has 94 valence electrons. The number of benzene rings is 1. The molecular weight excluding hydrogens is 281 g/mol. The van der Waals surface area contributed by atoms with Crippen molar-refractivity contribution in [3.63, 3.8) is 0 Å². The standard InChI is InChI=1S/C14H19BrFN/c1-10(9-17-14(2,3)4)7-11-8-12(16)5-6-13(11)15/h5-8,17H,9H2,1-4H3/b10-7-. The fraction of sp³-hybridized carbons (Fsp3) is 0.429. The first-order chi connectivity index (χ1) is 7.78. The monoisotopic (exact) mass is 299 g/mol. The summed E-state index contributed by atoms with van der Waals surface area (Å²) in [6.45, 7) is 9.21. The molecule has 0 unspecified atom stereocenters. The van der Waals surface area contributed by atoms with E-state index in [-0.39, 0.29) is 11.4 Å². The highest BCUT2D eigenvalue weighted by atomic mass is 79.9. The summed E-state index contributed by atoms with van der Waals surface area (Å²) >= 11 is 3.42. The highest BCUT2D eigenvalue weighted by molar-refractivity contribution is 9.10. The van der Waals surface area contributed by atoms with Crippen molar-refractivity contribution in [2.45, 2.75) is 33.2 Å². The molecule has 1 N–H and O–H groups in total. The molecule has 1 nitrogen and oxygen atoms in total. The highest BCUT2D eigenvalue weighted by Gasteiger charge is 2.08. The third-order valence-corrected chi connectivity index (χ3v) is 2.98. The molecule has 0 aliphatic heterocycles. The molecule has 0 atom stereocenters. The van der Waals surface area contributed by atoms with Gasteiger partial charge in [0.2, 0.25) is 0 Å². The van der Waals surface area contributed by atoms with E-state index in [1.165, 1.54) is 17.7 Å². The summed E-state index contributed by atoms with van der Waals surface area (Å²) in [4.78, 5) is 0. The summed E-state index contributed by atoms with van der Waals surface area (Å²) < 4.78 is 14.0. The molecule has 0 aromatic heterocycles. The van der Waals surface area contributed by atoms with E-state index in [1.807, 2.05) is 13.0 Å². The first kappa shape index (κ1) is 14.4. The molecule has 0 bridgehead atoms. The van der Waals surface area contributed by atoms with Crippen molar-refractivity contribution in [2.24, 2.45) is 0 Å². The molecule has 1 rings (SSSR count). The minimum atomic E-state index is -0.212. The van der Waals surface area contributed by atoms with Crippen LogP contribution in [0.1, 0.15) is 33.3 Å². The van der Waals surface area contributed by atoms with Crippen molar-refractivity contribution in [3.8, 4) is 0 Å². The Morgan fingerprint density at radius 2 is 2.06 bits per heavy atom. The maximum absolute atomic E-state index is 13.1. The smallest absolute Gasteiger partial charge is 0.123 e. The van der Waals surface area contributed by atoms with Gasteiger partial charge in [0, 0.05) is 16.6 Å². The average molecular weight is 300 g/mol. The summed E-state index contributed by atoms with van der Waals surface area (Å²) in [5.74, 6) is -0.212. The summed E-state index contributed by atoms with van der Waals surface area (Å²) in [5.41, 5.74) is 2.14. The van der Waals surface area contributed by atoms with Gasteiger partial charge in [0.05, 0.1) is 0 Å². The lowest BCUT2D eigenvalue weighted by Crippen LogP contribution is -2.36. The third-order valence-electron chi connectivity index (χ3n) is 2.26. The molecule has 0 saturated heterocycles. The van der Waals surface area contributed by atoms with Gasteiger partial charge in [0.1, 0.15) is 5.82 Å². The fourth-order valence-electron chi connectivity index (χ4n) is 1.35. The molecule has 0 fully saturated rings. The third kappa shape index (κ3) is 5.46. The Kier molecular flexibility index (Phi) is 4.90. The zero-order chi connectivity index (χ0) is 13.1. The van der Waals surface area contributed by atoms with Crippen LogP contribution in [0.4, 0.5) is 4.39 Å². The van der Waals surface area contributed by atoms with Gasteiger partial charge >= 0.3 is 0 Å². The number of hydrogen-bond donors (Lipinski definition) is 1. The molecule has 1 aromatic carbocycles. The van der Waals surface area contributed by atoms with Crippen LogP contribution in [0.5, 0.6) is 0 Å². The molecule has 1 aromatic rings. The second-order valence-electron chi connectivity index (χ2n) is 5.26. The molecule has 3 heteroatoms. The second-order valence-corrected chi connectivity index (χ2v) is 6.11. The van der Waals surface area contributed by atoms with E-state index in [0.29, 0.717) is 0 Å². The molecule has 17 heavy (non-hydrogen) atoms. The number of nitrogens with one attached hydrogen (secondary N) is 1. The van der Waals surface area contributed by atoms with E-state index in [1.54, 1.807) is 6.07 Å². The van der Waals surface area contributed by atoms with Gasteiger partial charge < -0.3 is 5.32 Å². The summed E-state index contributed by atoms with van der Waals surface area (Å²) in [6.07, 6.45) is 1.99. The van der Waals surface area contributed by atoms with E-state index in [4.69, 9.17) is 0 Å². The van der Waals surface area contributed by atoms with Gasteiger partial charge in [-0.3, -0.25) is 0 Å². The number of rotatable bonds is 3. The van der Waals surface area contributed by atoms with Crippen LogP contribution in [-0.2, 0) is 0 Å². The molecular formula is C14H19BrFN. The Labute approximate surface area is 111 Å². The van der Waals surface area contributed by atoms with E-state index < -0.39 is 0 Å². The largest absolute Gasteiger partial charge is 0.308 e. The van der Waals surface area contributed by atoms with E-state index >= 15 is 0 Å². The minimum absolute atomic E-state index is 0.0915. The van der Waals surface area contributed by atoms with Crippen molar-refractivity contribution < 1.29 is 4.39 Å². The Bertz CT molecular complexity index is 419. The van der Waals surface area contributed by atoms with Gasteiger partial charge in [0.15, 0.2) is 0 Å². The van der Waals surface area contributed by atoms with Crippen LogP contribution in [-0.4, -0.2) is 12.1 Å². The normalized spacial score (nSPS) is 12.9. The molecule has 0 heterocycles. The van der Waals surface area contributed by atoms with Crippen LogP contribution in [0, 0.1) is 5.82 Å². The summed E-state index contributed by atoms with van der Waals surface area (Å²) in [6, 6.07) is 4.71. The molecule has 0 radical (unpaired) electrons. The Balaban J connectivity index is 2.77. The van der Waals surface area contributed by atoms with E-state index in [9.17, 15) is 4.39 Å². The quantitative estimate of drug-likeness (QED) is 0.873. The van der Waals surface area contributed by atoms with E-state index in [0.717, 1.165) is 16.6 Å². The fourth-order valence-corrected chi connectivity index (χ4v) is 1.71. The lowest BCUT2D eigenvalue weighted by atomic mass is 10.1. The van der Waals surface area contributed by atoms with Crippen LogP contribution in [0.25, 0.3) is 6.08 Å². The Morgan fingerprint density at radius 1 is 1.41 bits per heavy atom. The van der Waals surface area contributed by atoms with Crippen LogP contribution >= 0.6 is 15.9 Å². The van der Waals surface area contributed by atoms with Gasteiger partial charge in [-0.2, -0.15) is 0 Å². The Hall–Kier alpha value is -0.670. The van der Waals surface area contributed by atoms with Crippen molar-refractivity contribution in [3.05, 3.63) is 39.6 Å². The molecule has 0 aliphatic carbocycles. The number of hydrogen-bond acceptors (Lipinski definition) is 1. The SMILES string of the molecule is C/C(=C/c1cc(F)ccc1Br)CNC(C)(C)C. The predicted molar refractivity (Wildman–Crippen MR) is 75.5 cm³/mol. The Morgan fingerprint density at radius 3 is 2.65 bits per heavy atom. The summed E-state index contributed by atoms with van der Waals surface area (Å²) in [5, 5.41) is 3.40. The van der Waals surface area contributed by atoms with Crippen molar-refractivity contribution >= 4 is 22.0 Å². The van der Waals surface area contributed by atoms with Gasteiger partial charge in [-0.15, -0.1) is 0 Å². The predicted octanol–water partition coefficient (Wildman–Crippen LogP) is 4.38. The van der Waals surface area contributed by atoms with Crippen molar-refractivity contribution in [2.75, 3.05) is 6.54 Å². The van der Waals surface area contributed by atoms with Gasteiger partial charge in [-0.05, 0) is 51.5 Å². The van der Waals surface area contributed by atoms with Crippen LogP contribution < -0.4 is 5.32 Å². The molecule has 0 spiro atoms. The van der Waals surface area contributed by atoms with Gasteiger partial charge in [-0.1, -0.05) is 27.6 Å². The topological polar surface area (TPSA) is 12.0 Å². The zero-order valence-electron chi connectivity index (χ0n) is 10.8. The van der Waals surface area contributed by atoms with E-state index in [2.05, 4.69) is 42.0 Å². The molecule has 0 aliphatic rings. The van der Waals surface area contributed by atoms with Crippen LogP contribution in [0.15, 0.2) is 28.2 Å². The van der Waals surface area contributed by atoms with Gasteiger partial charge in [0.25, 0.3) is 0 Å². The maximum Gasteiger partial charge on any atom is 0.123 e. The zero-order valence-corrected chi connectivity index (χ0v) is 12.4. The first-order valence-corrected chi connectivity index (χ1v) is 6.44. The lowest BCUT2D eigenvalue weighted by molar-refractivity contribution is 0.445. The number of halogens is 2. The second kappa shape index (κ2) is 5.78. The molecule has 0 amide bonds. The van der Waals surface area contributed by atoms with Gasteiger partial charge in [-0.25, -0.2) is 4.39 Å². The minimum Gasteiger partial charge on any atom is -0.308 e. The van der Waals surface area contributed by atoms with Crippen LogP contribution in [0.2, 0.25) is 0 Å². The van der Waals surface area contributed by atoms with Crippen molar-refractivity contribution in [1.29, 1.82) is 0 Å². The maximum atomic E-state index is 13.1. The molecule has 0 saturated carbocycles. The summed E-state index contributed by atoms with van der Waals surface area (Å²) in [7, 11) is 0. The first-order valence-electron chi connectivity index (χ1n) is 5.65. The van der Waals surface area contributed by atoms with Crippen LogP contribution in [0.3, 0.4) is 0 Å². The van der Waals surface area contributed by atoms with Crippen molar-refractivity contribution in [1.82, 2.24) is 5.32 Å². The highest BCUT2D eigenvalue weighted by Crippen LogP contribution is 2.20. The lowest BCUT2D eigenvalue weighted by Gasteiger charge is -2.20.